The third-order valence-corrected chi connectivity index (χ3v) is 4.85. The standard InChI is InChI=1S/C12H17NO4S/c1-7(12(16)17)18-9-6-10(14)13(11(9)15)8-4-2-3-5-8/h7-9H,2-6H2,1H3,(H,16,17). The Morgan fingerprint density at radius 1 is 1.39 bits per heavy atom. The van der Waals surface area contributed by atoms with E-state index in [9.17, 15) is 14.4 Å². The molecule has 0 spiro atoms. The first-order valence-electron chi connectivity index (χ1n) is 6.25. The maximum atomic E-state index is 12.2. The fourth-order valence-corrected chi connectivity index (χ4v) is 3.66. The molecular weight excluding hydrogens is 254 g/mol. The van der Waals surface area contributed by atoms with Gasteiger partial charge in [0.2, 0.25) is 11.8 Å². The van der Waals surface area contributed by atoms with Gasteiger partial charge in [0.05, 0.1) is 5.25 Å². The summed E-state index contributed by atoms with van der Waals surface area (Å²) in [6.45, 7) is 1.54. The van der Waals surface area contributed by atoms with Crippen LogP contribution in [0.3, 0.4) is 0 Å². The van der Waals surface area contributed by atoms with Gasteiger partial charge < -0.3 is 5.11 Å². The second-order valence-electron chi connectivity index (χ2n) is 4.85. The monoisotopic (exact) mass is 271 g/mol. The van der Waals surface area contributed by atoms with Crippen molar-refractivity contribution in [3.05, 3.63) is 0 Å². The van der Waals surface area contributed by atoms with Crippen LogP contribution in [0.15, 0.2) is 0 Å². The number of carboxylic acid groups (broad SMARTS) is 1. The molecule has 1 N–H and O–H groups in total. The summed E-state index contributed by atoms with van der Waals surface area (Å²) in [6, 6.07) is 0.0516. The van der Waals surface area contributed by atoms with Crippen molar-refractivity contribution in [3.63, 3.8) is 0 Å². The molecule has 0 aromatic rings. The maximum Gasteiger partial charge on any atom is 0.316 e. The lowest BCUT2D eigenvalue weighted by Crippen LogP contribution is -2.39. The lowest BCUT2D eigenvalue weighted by Gasteiger charge is -2.22. The Bertz CT molecular complexity index is 378. The summed E-state index contributed by atoms with van der Waals surface area (Å²) in [6.07, 6.45) is 4.06. The van der Waals surface area contributed by atoms with E-state index in [1.54, 1.807) is 6.92 Å². The van der Waals surface area contributed by atoms with Crippen molar-refractivity contribution >= 4 is 29.5 Å². The van der Waals surface area contributed by atoms with Crippen LogP contribution in [0, 0.1) is 0 Å². The second-order valence-corrected chi connectivity index (χ2v) is 6.40. The van der Waals surface area contributed by atoms with E-state index in [0.29, 0.717) is 0 Å². The zero-order valence-corrected chi connectivity index (χ0v) is 11.1. The molecule has 0 aromatic carbocycles. The summed E-state index contributed by atoms with van der Waals surface area (Å²) in [5, 5.41) is 7.67. The minimum atomic E-state index is -0.945. The van der Waals surface area contributed by atoms with Crippen molar-refractivity contribution in [1.29, 1.82) is 0 Å². The van der Waals surface area contributed by atoms with Gasteiger partial charge in [-0.3, -0.25) is 19.3 Å². The second kappa shape index (κ2) is 5.30. The number of carboxylic acids is 1. The minimum Gasteiger partial charge on any atom is -0.480 e. The fraction of sp³-hybridized carbons (Fsp3) is 0.750. The molecule has 0 bridgehead atoms. The molecule has 1 saturated heterocycles. The maximum absolute atomic E-state index is 12.2. The number of hydrogen-bond donors (Lipinski definition) is 1. The van der Waals surface area contributed by atoms with Crippen LogP contribution >= 0.6 is 11.8 Å². The van der Waals surface area contributed by atoms with Gasteiger partial charge in [-0.2, -0.15) is 0 Å². The van der Waals surface area contributed by atoms with Crippen LogP contribution < -0.4 is 0 Å². The summed E-state index contributed by atoms with van der Waals surface area (Å²) < 4.78 is 0. The molecule has 2 unspecified atom stereocenters. The quantitative estimate of drug-likeness (QED) is 0.779. The van der Waals surface area contributed by atoms with Crippen LogP contribution in [0.1, 0.15) is 39.0 Å². The third kappa shape index (κ3) is 2.53. The molecule has 6 heteroatoms. The van der Waals surface area contributed by atoms with Gasteiger partial charge in [-0.1, -0.05) is 12.8 Å². The van der Waals surface area contributed by atoms with E-state index in [1.807, 2.05) is 0 Å². The van der Waals surface area contributed by atoms with Gasteiger partial charge in [0.1, 0.15) is 5.25 Å². The average molecular weight is 271 g/mol. The molecular formula is C12H17NO4S. The van der Waals surface area contributed by atoms with E-state index in [-0.39, 0.29) is 24.3 Å². The summed E-state index contributed by atoms with van der Waals surface area (Å²) >= 11 is 1.08. The van der Waals surface area contributed by atoms with Crippen LogP contribution in [0.5, 0.6) is 0 Å². The Balaban J connectivity index is 2.02. The Kier molecular flexibility index (Phi) is 3.94. The van der Waals surface area contributed by atoms with E-state index in [4.69, 9.17) is 5.11 Å². The zero-order chi connectivity index (χ0) is 13.3. The molecule has 0 radical (unpaired) electrons. The Hall–Kier alpha value is -1.04. The summed E-state index contributed by atoms with van der Waals surface area (Å²) in [5.41, 5.74) is 0. The average Bonchev–Trinajstić information content (AvgIpc) is 2.88. The number of imide groups is 1. The number of carbonyl (C=O) groups is 3. The Labute approximate surface area is 110 Å². The molecule has 18 heavy (non-hydrogen) atoms. The first kappa shape index (κ1) is 13.4. The van der Waals surface area contributed by atoms with Gasteiger partial charge in [0.25, 0.3) is 0 Å². The van der Waals surface area contributed by atoms with Crippen molar-refractivity contribution in [2.24, 2.45) is 0 Å². The van der Waals surface area contributed by atoms with Crippen molar-refractivity contribution in [2.75, 3.05) is 0 Å². The van der Waals surface area contributed by atoms with Gasteiger partial charge in [0.15, 0.2) is 0 Å². The van der Waals surface area contributed by atoms with Crippen LogP contribution in [-0.4, -0.2) is 44.3 Å². The Morgan fingerprint density at radius 2 is 2.00 bits per heavy atom. The Morgan fingerprint density at radius 3 is 2.56 bits per heavy atom. The number of hydrogen-bond acceptors (Lipinski definition) is 4. The predicted octanol–water partition coefficient (Wildman–Crippen LogP) is 1.26. The zero-order valence-electron chi connectivity index (χ0n) is 10.3. The highest BCUT2D eigenvalue weighted by Gasteiger charge is 2.44. The topological polar surface area (TPSA) is 74.7 Å². The number of carbonyl (C=O) groups excluding carboxylic acids is 2. The van der Waals surface area contributed by atoms with Crippen molar-refractivity contribution in [1.82, 2.24) is 4.90 Å². The number of likely N-dealkylation sites (tertiary alicyclic amines) is 1. The van der Waals surface area contributed by atoms with E-state index in [0.717, 1.165) is 37.4 Å². The highest BCUT2D eigenvalue weighted by Crippen LogP contribution is 2.33. The van der Waals surface area contributed by atoms with Crippen LogP contribution in [0.2, 0.25) is 0 Å². The summed E-state index contributed by atoms with van der Waals surface area (Å²) in [7, 11) is 0. The molecule has 1 aliphatic carbocycles. The van der Waals surface area contributed by atoms with Gasteiger partial charge in [-0.15, -0.1) is 11.8 Å². The predicted molar refractivity (Wildman–Crippen MR) is 67.2 cm³/mol. The molecule has 5 nitrogen and oxygen atoms in total. The summed E-state index contributed by atoms with van der Waals surface area (Å²) in [5.74, 6) is -1.27. The third-order valence-electron chi connectivity index (χ3n) is 3.55. The largest absolute Gasteiger partial charge is 0.480 e. The smallest absolute Gasteiger partial charge is 0.316 e. The number of nitrogens with zero attached hydrogens (tertiary/aromatic N) is 1. The molecule has 1 saturated carbocycles. The summed E-state index contributed by atoms with van der Waals surface area (Å²) in [4.78, 5) is 36.2. The molecule has 100 valence electrons. The SMILES string of the molecule is CC(SC1CC(=O)N(C2CCCC2)C1=O)C(=O)O. The molecule has 2 amide bonds. The molecule has 2 aliphatic rings. The molecule has 1 aliphatic heterocycles. The van der Waals surface area contributed by atoms with Gasteiger partial charge in [-0.25, -0.2) is 0 Å². The van der Waals surface area contributed by atoms with Gasteiger partial charge in [0, 0.05) is 12.5 Å². The number of amides is 2. The van der Waals surface area contributed by atoms with Crippen molar-refractivity contribution in [3.8, 4) is 0 Å². The number of thioether (sulfide) groups is 1. The molecule has 2 atom stereocenters. The first-order chi connectivity index (χ1) is 8.50. The lowest BCUT2D eigenvalue weighted by molar-refractivity contribution is -0.140. The van der Waals surface area contributed by atoms with E-state index >= 15 is 0 Å². The van der Waals surface area contributed by atoms with Crippen molar-refractivity contribution in [2.45, 2.75) is 55.6 Å². The minimum absolute atomic E-state index is 0.0516. The van der Waals surface area contributed by atoms with Crippen LogP contribution in [0.25, 0.3) is 0 Å². The number of aliphatic carboxylic acids is 1. The highest BCUT2D eigenvalue weighted by molar-refractivity contribution is 8.01. The van der Waals surface area contributed by atoms with Crippen molar-refractivity contribution < 1.29 is 19.5 Å². The number of rotatable bonds is 4. The molecule has 2 fully saturated rings. The van der Waals surface area contributed by atoms with Gasteiger partial charge in [-0.05, 0) is 19.8 Å². The van der Waals surface area contributed by atoms with Crippen LogP contribution in [0.4, 0.5) is 0 Å². The highest BCUT2D eigenvalue weighted by atomic mass is 32.2. The molecule has 2 rings (SSSR count). The molecule has 0 aromatic heterocycles. The van der Waals surface area contributed by atoms with Crippen LogP contribution in [-0.2, 0) is 14.4 Å². The lowest BCUT2D eigenvalue weighted by atomic mass is 10.2. The molecule has 1 heterocycles. The van der Waals surface area contributed by atoms with E-state index < -0.39 is 16.5 Å². The normalized spacial score (nSPS) is 26.9. The van der Waals surface area contributed by atoms with E-state index in [2.05, 4.69) is 0 Å². The fourth-order valence-electron chi connectivity index (χ4n) is 2.58. The van der Waals surface area contributed by atoms with Gasteiger partial charge >= 0.3 is 5.97 Å². The first-order valence-corrected chi connectivity index (χ1v) is 7.19. The van der Waals surface area contributed by atoms with E-state index in [1.165, 1.54) is 4.90 Å².